The first-order valence-corrected chi connectivity index (χ1v) is 2.88. The Kier molecular flexibility index (Phi) is 1.66. The van der Waals surface area contributed by atoms with Gasteiger partial charge in [0.2, 0.25) is 0 Å². The molecule has 10 heavy (non-hydrogen) atoms. The molecule has 0 aliphatic heterocycles. The van der Waals surface area contributed by atoms with E-state index in [1.54, 1.807) is 0 Å². The third-order valence-corrected chi connectivity index (χ3v) is 1.16. The van der Waals surface area contributed by atoms with Gasteiger partial charge in [0.25, 0.3) is 0 Å². The molecule has 0 saturated carbocycles. The molecule has 1 N–H and O–H groups in total. The van der Waals surface area contributed by atoms with E-state index in [4.69, 9.17) is 5.11 Å². The molecule has 0 bridgehead atoms. The summed E-state index contributed by atoms with van der Waals surface area (Å²) in [5, 5.41) is 15.2. The van der Waals surface area contributed by atoms with Gasteiger partial charge in [-0.15, -0.1) is 9.78 Å². The van der Waals surface area contributed by atoms with E-state index in [9.17, 15) is 4.79 Å². The van der Waals surface area contributed by atoms with Crippen LogP contribution < -0.4 is 0 Å². The first-order valence-electron chi connectivity index (χ1n) is 2.88. The molecule has 0 atom stereocenters. The number of rotatable bonds is 1. The fraction of sp³-hybridized carbons (Fsp3) is 0.400. The zero-order valence-electron chi connectivity index (χ0n) is 5.48. The van der Waals surface area contributed by atoms with Crippen LogP contribution in [0.5, 0.6) is 0 Å². The van der Waals surface area contributed by atoms with Crippen LogP contribution in [-0.4, -0.2) is 26.2 Å². The number of nitrogens with zero attached hydrogens (tertiary/aromatic N) is 3. The molecule has 0 fully saturated rings. The van der Waals surface area contributed by atoms with Crippen LogP contribution in [0.3, 0.4) is 0 Å². The maximum atomic E-state index is 10.3. The van der Waals surface area contributed by atoms with Crippen LogP contribution in [0.15, 0.2) is 6.20 Å². The van der Waals surface area contributed by atoms with Gasteiger partial charge in [0.1, 0.15) is 0 Å². The first kappa shape index (κ1) is 6.73. The van der Waals surface area contributed by atoms with Gasteiger partial charge in [-0.05, 0) is 6.42 Å². The van der Waals surface area contributed by atoms with Crippen LogP contribution in [-0.2, 0) is 6.42 Å². The zero-order valence-corrected chi connectivity index (χ0v) is 5.48. The zero-order chi connectivity index (χ0) is 7.56. The van der Waals surface area contributed by atoms with E-state index in [0.29, 0.717) is 12.1 Å². The fourth-order valence-electron chi connectivity index (χ4n) is 0.658. The van der Waals surface area contributed by atoms with Gasteiger partial charge in [-0.3, -0.25) is 0 Å². The second kappa shape index (κ2) is 2.47. The highest BCUT2D eigenvalue weighted by Gasteiger charge is 2.06. The molecule has 0 amide bonds. The van der Waals surface area contributed by atoms with Crippen molar-refractivity contribution in [3.8, 4) is 0 Å². The minimum Gasteiger partial charge on any atom is -0.463 e. The Morgan fingerprint density at radius 1 is 1.90 bits per heavy atom. The molecule has 1 aromatic heterocycles. The molecule has 0 spiro atoms. The Morgan fingerprint density at radius 3 is 3.00 bits per heavy atom. The van der Waals surface area contributed by atoms with Crippen molar-refractivity contribution in [1.82, 2.24) is 15.0 Å². The van der Waals surface area contributed by atoms with Crippen molar-refractivity contribution >= 4 is 6.09 Å². The summed E-state index contributed by atoms with van der Waals surface area (Å²) < 4.78 is 0.861. The van der Waals surface area contributed by atoms with Gasteiger partial charge in [-0.1, -0.05) is 12.1 Å². The highest BCUT2D eigenvalue weighted by atomic mass is 16.4. The minimum atomic E-state index is -1.09. The molecular weight excluding hydrogens is 134 g/mol. The normalized spacial score (nSPS) is 9.70. The van der Waals surface area contributed by atoms with E-state index in [2.05, 4.69) is 10.3 Å². The Labute approximate surface area is 57.3 Å². The average molecular weight is 141 g/mol. The van der Waals surface area contributed by atoms with Crippen LogP contribution in [0.1, 0.15) is 12.6 Å². The molecule has 0 unspecified atom stereocenters. The molecule has 54 valence electrons. The number of carbonyl (C=O) groups is 1. The second-order valence-electron chi connectivity index (χ2n) is 1.77. The quantitative estimate of drug-likeness (QED) is 0.613. The van der Waals surface area contributed by atoms with Gasteiger partial charge >= 0.3 is 6.09 Å². The summed E-state index contributed by atoms with van der Waals surface area (Å²) >= 11 is 0. The third kappa shape index (κ3) is 0.975. The van der Waals surface area contributed by atoms with E-state index >= 15 is 0 Å². The van der Waals surface area contributed by atoms with Gasteiger partial charge in [0.05, 0.1) is 11.9 Å². The molecule has 5 heteroatoms. The largest absolute Gasteiger partial charge is 0.463 e. The number of aryl methyl sites for hydroxylation is 1. The van der Waals surface area contributed by atoms with Crippen LogP contribution >= 0.6 is 0 Å². The van der Waals surface area contributed by atoms with Crippen molar-refractivity contribution < 1.29 is 9.90 Å². The lowest BCUT2D eigenvalue weighted by atomic mass is 10.4. The summed E-state index contributed by atoms with van der Waals surface area (Å²) in [5.41, 5.74) is 0.604. The summed E-state index contributed by atoms with van der Waals surface area (Å²) in [7, 11) is 0. The molecular formula is C5H7N3O2. The van der Waals surface area contributed by atoms with E-state index < -0.39 is 6.09 Å². The highest BCUT2D eigenvalue weighted by molar-refractivity contribution is 5.67. The van der Waals surface area contributed by atoms with Crippen molar-refractivity contribution in [2.75, 3.05) is 0 Å². The second-order valence-corrected chi connectivity index (χ2v) is 1.77. The Morgan fingerprint density at radius 2 is 2.60 bits per heavy atom. The van der Waals surface area contributed by atoms with Gasteiger partial charge in [0, 0.05) is 0 Å². The smallest absolute Gasteiger partial charge is 0.433 e. The van der Waals surface area contributed by atoms with E-state index in [1.165, 1.54) is 6.20 Å². The fourth-order valence-corrected chi connectivity index (χ4v) is 0.658. The highest BCUT2D eigenvalue weighted by Crippen LogP contribution is 1.95. The van der Waals surface area contributed by atoms with Crippen LogP contribution in [0.2, 0.25) is 0 Å². The maximum absolute atomic E-state index is 10.3. The molecule has 0 aliphatic carbocycles. The van der Waals surface area contributed by atoms with Crippen LogP contribution in [0.25, 0.3) is 0 Å². The predicted octanol–water partition coefficient (Wildman–Crippen LogP) is 0.367. The SMILES string of the molecule is CCc1cnnn1C(=O)O. The summed E-state index contributed by atoms with van der Waals surface area (Å²) in [6.45, 7) is 1.85. The molecule has 0 aliphatic rings. The number of hydrogen-bond donors (Lipinski definition) is 1. The number of aromatic nitrogens is 3. The molecule has 1 rings (SSSR count). The van der Waals surface area contributed by atoms with Crippen LogP contribution in [0.4, 0.5) is 4.79 Å². The Hall–Kier alpha value is -1.39. The average Bonchev–Trinajstić information content (AvgIpc) is 2.33. The van der Waals surface area contributed by atoms with Gasteiger partial charge in [0.15, 0.2) is 0 Å². The summed E-state index contributed by atoms with van der Waals surface area (Å²) in [5.74, 6) is 0. The molecule has 5 nitrogen and oxygen atoms in total. The monoisotopic (exact) mass is 141 g/mol. The van der Waals surface area contributed by atoms with E-state index in [0.717, 1.165) is 4.68 Å². The van der Waals surface area contributed by atoms with Gasteiger partial charge < -0.3 is 5.11 Å². The van der Waals surface area contributed by atoms with E-state index in [-0.39, 0.29) is 0 Å². The van der Waals surface area contributed by atoms with Crippen molar-refractivity contribution in [1.29, 1.82) is 0 Å². The minimum absolute atomic E-state index is 0.604. The van der Waals surface area contributed by atoms with E-state index in [1.807, 2.05) is 6.92 Å². The van der Waals surface area contributed by atoms with Gasteiger partial charge in [-0.2, -0.15) is 0 Å². The molecule has 0 radical (unpaired) electrons. The summed E-state index contributed by atoms with van der Waals surface area (Å²) in [6, 6.07) is 0. The molecule has 1 heterocycles. The van der Waals surface area contributed by atoms with Gasteiger partial charge in [-0.25, -0.2) is 4.79 Å². The Bertz CT molecular complexity index is 243. The molecule has 1 aromatic rings. The summed E-state index contributed by atoms with van der Waals surface area (Å²) in [6.07, 6.45) is 0.974. The molecule has 0 aromatic carbocycles. The van der Waals surface area contributed by atoms with Crippen molar-refractivity contribution in [2.45, 2.75) is 13.3 Å². The lowest BCUT2D eigenvalue weighted by molar-refractivity contribution is 0.191. The van der Waals surface area contributed by atoms with Crippen molar-refractivity contribution in [2.24, 2.45) is 0 Å². The van der Waals surface area contributed by atoms with Crippen molar-refractivity contribution in [3.63, 3.8) is 0 Å². The lowest BCUT2D eigenvalue weighted by Crippen LogP contribution is -2.12. The standard InChI is InChI=1S/C5H7N3O2/c1-2-4-3-6-7-8(4)5(9)10/h3H,2H2,1H3,(H,9,10). The maximum Gasteiger partial charge on any atom is 0.433 e. The Balaban J connectivity index is 3.01. The summed E-state index contributed by atoms with van der Waals surface area (Å²) in [4.78, 5) is 10.3. The third-order valence-electron chi connectivity index (χ3n) is 1.16. The number of hydrogen-bond acceptors (Lipinski definition) is 3. The number of carboxylic acid groups (broad SMARTS) is 1. The molecule has 0 saturated heterocycles. The predicted molar refractivity (Wildman–Crippen MR) is 32.8 cm³/mol. The van der Waals surface area contributed by atoms with Crippen molar-refractivity contribution in [3.05, 3.63) is 11.9 Å². The lowest BCUT2D eigenvalue weighted by Gasteiger charge is -1.93. The first-order chi connectivity index (χ1) is 4.75. The van der Waals surface area contributed by atoms with Crippen LogP contribution in [0, 0.1) is 0 Å². The topological polar surface area (TPSA) is 68.0 Å².